The summed E-state index contributed by atoms with van der Waals surface area (Å²) in [6, 6.07) is 13.7. The first-order valence-electron chi connectivity index (χ1n) is 6.49. The van der Waals surface area contributed by atoms with E-state index in [1.165, 1.54) is 0 Å². The third-order valence-electron chi connectivity index (χ3n) is 3.23. The summed E-state index contributed by atoms with van der Waals surface area (Å²) in [5.74, 6) is 1.34. The van der Waals surface area contributed by atoms with Crippen LogP contribution >= 0.6 is 0 Å². The molecule has 0 radical (unpaired) electrons. The number of hydrogen-bond donors (Lipinski definition) is 2. The van der Waals surface area contributed by atoms with Crippen LogP contribution in [-0.2, 0) is 18.6 Å². The van der Waals surface area contributed by atoms with Gasteiger partial charge in [-0.25, -0.2) is 0 Å². The van der Waals surface area contributed by atoms with E-state index < -0.39 is 5.41 Å². The smallest absolute Gasteiger partial charge is 0.129 e. The number of nitrogens with zero attached hydrogens (tertiary/aromatic N) is 1. The summed E-state index contributed by atoms with van der Waals surface area (Å²) in [5.41, 5.74) is 1.48. The minimum absolute atomic E-state index is 0.0854. The van der Waals surface area contributed by atoms with Crippen molar-refractivity contribution in [1.82, 2.24) is 0 Å². The largest absolute Gasteiger partial charge is 0.462 e. The van der Waals surface area contributed by atoms with Gasteiger partial charge >= 0.3 is 0 Å². The summed E-state index contributed by atoms with van der Waals surface area (Å²) in [6.07, 6.45) is 0. The maximum Gasteiger partial charge on any atom is 0.129 e. The van der Waals surface area contributed by atoms with E-state index in [0.717, 1.165) is 17.0 Å². The second-order valence-electron chi connectivity index (χ2n) is 5.19. The molecule has 0 aliphatic carbocycles. The number of aliphatic hydroxyl groups is 1. The Bertz CT molecular complexity index is 606. The summed E-state index contributed by atoms with van der Waals surface area (Å²) < 4.78 is 5.39. The van der Waals surface area contributed by atoms with Crippen LogP contribution in [0.1, 0.15) is 30.9 Å². The van der Waals surface area contributed by atoms with Crippen molar-refractivity contribution >= 4 is 5.69 Å². The van der Waals surface area contributed by atoms with Gasteiger partial charge in [0.05, 0.1) is 18.0 Å². The Morgan fingerprint density at radius 2 is 1.80 bits per heavy atom. The second-order valence-corrected chi connectivity index (χ2v) is 5.19. The van der Waals surface area contributed by atoms with E-state index in [-0.39, 0.29) is 6.61 Å². The van der Waals surface area contributed by atoms with Gasteiger partial charge in [0.25, 0.3) is 0 Å². The lowest BCUT2D eigenvalue weighted by Crippen LogP contribution is -2.13. The van der Waals surface area contributed by atoms with Gasteiger partial charge in [-0.3, -0.25) is 0 Å². The maximum absolute atomic E-state index is 9.10. The lowest BCUT2D eigenvalue weighted by molar-refractivity contribution is 0.244. The highest BCUT2D eigenvalue weighted by Crippen LogP contribution is 2.23. The number of furan rings is 1. The van der Waals surface area contributed by atoms with Gasteiger partial charge in [0.2, 0.25) is 0 Å². The monoisotopic (exact) mass is 270 g/mol. The van der Waals surface area contributed by atoms with Crippen LogP contribution in [0.3, 0.4) is 0 Å². The molecule has 4 nitrogen and oxygen atoms in total. The molecule has 2 rings (SSSR count). The Morgan fingerprint density at radius 3 is 2.35 bits per heavy atom. The lowest BCUT2D eigenvalue weighted by Gasteiger charge is -2.16. The van der Waals surface area contributed by atoms with Gasteiger partial charge in [-0.15, -0.1) is 0 Å². The van der Waals surface area contributed by atoms with Crippen LogP contribution in [0.5, 0.6) is 0 Å². The van der Waals surface area contributed by atoms with Crippen LogP contribution in [0.2, 0.25) is 0 Å². The van der Waals surface area contributed by atoms with E-state index in [1.54, 1.807) is 6.07 Å². The highest BCUT2D eigenvalue weighted by Gasteiger charge is 2.18. The number of anilines is 1. The Hall–Kier alpha value is -2.25. The summed E-state index contributed by atoms with van der Waals surface area (Å²) in [6.45, 7) is 4.27. The number of nitrogens with one attached hydrogen (secondary N) is 1. The predicted molar refractivity (Wildman–Crippen MR) is 77.0 cm³/mol. The molecule has 2 aromatic rings. The standard InChI is InChI=1S/C16H18N2O2/c1-16(2,11-17)12-3-5-13(6-4-12)18-9-14-7-8-15(10-19)20-14/h3-8,18-19H,9-10H2,1-2H3. The van der Waals surface area contributed by atoms with Crippen LogP contribution in [0, 0.1) is 11.3 Å². The number of benzene rings is 1. The molecule has 0 aliphatic heterocycles. The zero-order chi connectivity index (χ0) is 14.6. The van der Waals surface area contributed by atoms with Crippen LogP contribution in [-0.4, -0.2) is 5.11 Å². The molecule has 0 fully saturated rings. The highest BCUT2D eigenvalue weighted by molar-refractivity contribution is 5.47. The van der Waals surface area contributed by atoms with Crippen molar-refractivity contribution in [1.29, 1.82) is 5.26 Å². The van der Waals surface area contributed by atoms with Crippen LogP contribution < -0.4 is 5.32 Å². The highest BCUT2D eigenvalue weighted by atomic mass is 16.4. The SMILES string of the molecule is CC(C)(C#N)c1ccc(NCc2ccc(CO)o2)cc1. The third-order valence-corrected chi connectivity index (χ3v) is 3.23. The zero-order valence-electron chi connectivity index (χ0n) is 11.7. The summed E-state index contributed by atoms with van der Waals surface area (Å²) in [5, 5.41) is 21.3. The Labute approximate surface area is 118 Å². The van der Waals surface area contributed by atoms with Crippen molar-refractivity contribution in [2.75, 3.05) is 5.32 Å². The first kappa shape index (κ1) is 14.2. The van der Waals surface area contributed by atoms with Crippen molar-refractivity contribution in [3.63, 3.8) is 0 Å². The molecule has 2 N–H and O–H groups in total. The molecule has 4 heteroatoms. The molecule has 0 bridgehead atoms. The van der Waals surface area contributed by atoms with Gasteiger partial charge < -0.3 is 14.8 Å². The molecule has 0 spiro atoms. The molecule has 0 amide bonds. The summed E-state index contributed by atoms with van der Waals surface area (Å²) >= 11 is 0. The Kier molecular flexibility index (Phi) is 4.11. The predicted octanol–water partition coefficient (Wildman–Crippen LogP) is 3.19. The Morgan fingerprint density at radius 1 is 1.15 bits per heavy atom. The van der Waals surface area contributed by atoms with Crippen molar-refractivity contribution in [3.8, 4) is 6.07 Å². The topological polar surface area (TPSA) is 69.2 Å². The number of nitriles is 1. The summed E-state index contributed by atoms with van der Waals surface area (Å²) in [4.78, 5) is 0. The van der Waals surface area contributed by atoms with Crippen LogP contribution in [0.15, 0.2) is 40.8 Å². The molecule has 1 aromatic carbocycles. The first-order valence-corrected chi connectivity index (χ1v) is 6.49. The van der Waals surface area contributed by atoms with E-state index in [0.29, 0.717) is 12.3 Å². The van der Waals surface area contributed by atoms with Crippen LogP contribution in [0.25, 0.3) is 0 Å². The van der Waals surface area contributed by atoms with Gasteiger partial charge in [0, 0.05) is 5.69 Å². The Balaban J connectivity index is 1.99. The molecule has 0 atom stereocenters. The normalized spacial score (nSPS) is 11.1. The quantitative estimate of drug-likeness (QED) is 0.875. The fourth-order valence-corrected chi connectivity index (χ4v) is 1.86. The molecule has 0 saturated carbocycles. The first-order chi connectivity index (χ1) is 9.55. The number of rotatable bonds is 5. The summed E-state index contributed by atoms with van der Waals surface area (Å²) in [7, 11) is 0. The molecule has 1 heterocycles. The zero-order valence-corrected chi connectivity index (χ0v) is 11.7. The average Bonchev–Trinajstić information content (AvgIpc) is 2.93. The van der Waals surface area contributed by atoms with E-state index in [4.69, 9.17) is 14.8 Å². The van der Waals surface area contributed by atoms with Gasteiger partial charge in [-0.2, -0.15) is 5.26 Å². The fourth-order valence-electron chi connectivity index (χ4n) is 1.86. The molecule has 1 aromatic heterocycles. The maximum atomic E-state index is 9.10. The van der Waals surface area contributed by atoms with Crippen LogP contribution in [0.4, 0.5) is 5.69 Å². The van der Waals surface area contributed by atoms with Crippen molar-refractivity contribution in [3.05, 3.63) is 53.5 Å². The van der Waals surface area contributed by atoms with Gasteiger partial charge in [0.15, 0.2) is 0 Å². The molecule has 20 heavy (non-hydrogen) atoms. The van der Waals surface area contributed by atoms with Crippen molar-refractivity contribution in [2.45, 2.75) is 32.4 Å². The van der Waals surface area contributed by atoms with Crippen molar-refractivity contribution < 1.29 is 9.52 Å². The molecular formula is C16H18N2O2. The molecule has 0 aliphatic rings. The minimum atomic E-state index is -0.477. The fraction of sp³-hybridized carbons (Fsp3) is 0.312. The number of hydrogen-bond acceptors (Lipinski definition) is 4. The minimum Gasteiger partial charge on any atom is -0.462 e. The van der Waals surface area contributed by atoms with E-state index >= 15 is 0 Å². The van der Waals surface area contributed by atoms with Crippen molar-refractivity contribution in [2.24, 2.45) is 0 Å². The second kappa shape index (κ2) is 5.81. The van der Waals surface area contributed by atoms with Gasteiger partial charge in [-0.05, 0) is 43.7 Å². The molecule has 0 unspecified atom stereocenters. The average molecular weight is 270 g/mol. The third kappa shape index (κ3) is 3.19. The van der Waals surface area contributed by atoms with E-state index in [1.807, 2.05) is 44.2 Å². The molecule has 104 valence electrons. The molecular weight excluding hydrogens is 252 g/mol. The molecule has 0 saturated heterocycles. The lowest BCUT2D eigenvalue weighted by atomic mass is 9.86. The number of aliphatic hydroxyl groups excluding tert-OH is 1. The van der Waals surface area contributed by atoms with E-state index in [9.17, 15) is 0 Å². The van der Waals surface area contributed by atoms with E-state index in [2.05, 4.69) is 11.4 Å². The van der Waals surface area contributed by atoms with Gasteiger partial charge in [0.1, 0.15) is 18.1 Å². The van der Waals surface area contributed by atoms with Gasteiger partial charge in [-0.1, -0.05) is 12.1 Å².